The van der Waals surface area contributed by atoms with E-state index < -0.39 is 0 Å². The van der Waals surface area contributed by atoms with Crippen LogP contribution >= 0.6 is 23.1 Å². The fourth-order valence-electron chi connectivity index (χ4n) is 2.77. The van der Waals surface area contributed by atoms with E-state index in [4.69, 9.17) is 21.1 Å². The summed E-state index contributed by atoms with van der Waals surface area (Å²) in [5.41, 5.74) is 1.18. The monoisotopic (exact) mass is 404 g/mol. The highest BCUT2D eigenvalue weighted by Gasteiger charge is 2.17. The average molecular weight is 405 g/mol. The van der Waals surface area contributed by atoms with E-state index in [0.29, 0.717) is 33.8 Å². The van der Waals surface area contributed by atoms with E-state index in [9.17, 15) is 4.79 Å². The van der Waals surface area contributed by atoms with Crippen LogP contribution in [-0.4, -0.2) is 46.5 Å². The Hall–Kier alpha value is -2.26. The van der Waals surface area contributed by atoms with Gasteiger partial charge in [0, 0.05) is 40.8 Å². The van der Waals surface area contributed by atoms with Gasteiger partial charge in [0.05, 0.1) is 26.0 Å². The molecule has 9 heteroatoms. The third-order valence-corrected chi connectivity index (χ3v) is 5.05. The van der Waals surface area contributed by atoms with Gasteiger partial charge in [-0.05, 0) is 30.4 Å². The van der Waals surface area contributed by atoms with E-state index in [1.54, 1.807) is 30.4 Å². The van der Waals surface area contributed by atoms with Crippen LogP contribution in [0.3, 0.4) is 0 Å². The quantitative estimate of drug-likeness (QED) is 0.844. The van der Waals surface area contributed by atoms with Crippen molar-refractivity contribution in [2.24, 2.45) is 0 Å². The Morgan fingerprint density at radius 2 is 2.19 bits per heavy atom. The minimum atomic E-state index is -0.281. The molecule has 0 aliphatic carbocycles. The van der Waals surface area contributed by atoms with E-state index in [2.05, 4.69) is 19.6 Å². The third kappa shape index (κ3) is 4.54. The van der Waals surface area contributed by atoms with Crippen LogP contribution in [0.5, 0.6) is 5.75 Å². The molecule has 140 valence electrons. The Morgan fingerprint density at radius 1 is 1.33 bits per heavy atom. The molecule has 1 aromatic heterocycles. The topological polar surface area (TPSA) is 76.6 Å². The van der Waals surface area contributed by atoms with Crippen LogP contribution in [0.1, 0.15) is 11.4 Å². The van der Waals surface area contributed by atoms with Crippen molar-refractivity contribution in [3.05, 3.63) is 52.5 Å². The van der Waals surface area contributed by atoms with Crippen molar-refractivity contribution >= 4 is 40.2 Å². The predicted molar refractivity (Wildman–Crippen MR) is 104 cm³/mol. The van der Waals surface area contributed by atoms with Gasteiger partial charge in [0.25, 0.3) is 5.91 Å². The number of halogens is 1. The number of amides is 1. The molecule has 0 spiro atoms. The second-order valence-electron chi connectivity index (χ2n) is 6.06. The molecule has 3 heterocycles. The summed E-state index contributed by atoms with van der Waals surface area (Å²) < 4.78 is 15.2. The van der Waals surface area contributed by atoms with E-state index in [1.807, 2.05) is 0 Å². The smallest absolute Gasteiger partial charge is 0.257 e. The molecular weight excluding hydrogens is 388 g/mol. The number of anilines is 1. The van der Waals surface area contributed by atoms with Gasteiger partial charge in [-0.3, -0.25) is 15.0 Å². The summed E-state index contributed by atoms with van der Waals surface area (Å²) in [6.45, 7) is 3.82. The van der Waals surface area contributed by atoms with E-state index >= 15 is 0 Å². The molecule has 27 heavy (non-hydrogen) atoms. The van der Waals surface area contributed by atoms with Crippen molar-refractivity contribution in [1.82, 2.24) is 14.3 Å². The van der Waals surface area contributed by atoms with E-state index in [1.165, 1.54) is 17.8 Å². The van der Waals surface area contributed by atoms with Crippen molar-refractivity contribution in [2.75, 3.05) is 31.6 Å². The Morgan fingerprint density at radius 3 is 3.04 bits per heavy atom. The molecule has 1 aromatic carbocycles. The highest BCUT2D eigenvalue weighted by atomic mass is 35.5. The second-order valence-corrected chi connectivity index (χ2v) is 7.25. The maximum absolute atomic E-state index is 12.6. The summed E-state index contributed by atoms with van der Waals surface area (Å²) in [6, 6.07) is 5.26. The first kappa shape index (κ1) is 18.1. The average Bonchev–Trinajstić information content (AvgIpc) is 2.98. The van der Waals surface area contributed by atoms with Gasteiger partial charge in [0.2, 0.25) is 5.13 Å². The van der Waals surface area contributed by atoms with Gasteiger partial charge in [0.1, 0.15) is 5.75 Å². The molecule has 2 aromatic rings. The summed E-state index contributed by atoms with van der Waals surface area (Å²) >= 11 is 7.20. The van der Waals surface area contributed by atoms with Crippen LogP contribution < -0.4 is 10.1 Å². The molecule has 1 N–H and O–H groups in total. The molecule has 4 rings (SSSR count). The van der Waals surface area contributed by atoms with Crippen molar-refractivity contribution in [3.8, 4) is 5.75 Å². The van der Waals surface area contributed by atoms with Gasteiger partial charge in [-0.1, -0.05) is 11.6 Å². The number of ether oxygens (including phenoxy) is 2. The summed E-state index contributed by atoms with van der Waals surface area (Å²) in [4.78, 5) is 19.2. The van der Waals surface area contributed by atoms with Crippen molar-refractivity contribution in [3.63, 3.8) is 0 Å². The number of hydrogen-bond donors (Lipinski definition) is 1. The summed E-state index contributed by atoms with van der Waals surface area (Å²) in [5.74, 6) is 1.06. The first-order chi connectivity index (χ1) is 13.2. The van der Waals surface area contributed by atoms with Crippen LogP contribution in [0.15, 0.2) is 36.1 Å². The number of fused-ring (bicyclic) bond motifs is 1. The van der Waals surface area contributed by atoms with Crippen LogP contribution in [0.2, 0.25) is 5.02 Å². The van der Waals surface area contributed by atoms with E-state index in [-0.39, 0.29) is 5.91 Å². The summed E-state index contributed by atoms with van der Waals surface area (Å²) in [5, 5.41) is 3.84. The fourth-order valence-corrected chi connectivity index (χ4v) is 3.53. The maximum atomic E-state index is 12.6. The molecule has 0 saturated carbocycles. The first-order valence-corrected chi connectivity index (χ1v) is 9.61. The highest BCUT2D eigenvalue weighted by molar-refractivity contribution is 7.09. The zero-order chi connectivity index (χ0) is 18.6. The lowest BCUT2D eigenvalue weighted by Crippen LogP contribution is -2.35. The lowest BCUT2D eigenvalue weighted by molar-refractivity contribution is -0.112. The second kappa shape index (κ2) is 8.18. The van der Waals surface area contributed by atoms with Crippen molar-refractivity contribution in [2.45, 2.75) is 6.54 Å². The maximum Gasteiger partial charge on any atom is 0.257 e. The van der Waals surface area contributed by atoms with Crippen molar-refractivity contribution in [1.29, 1.82) is 0 Å². The van der Waals surface area contributed by atoms with Crippen LogP contribution in [0.4, 0.5) is 5.13 Å². The number of morpholine rings is 1. The van der Waals surface area contributed by atoms with Gasteiger partial charge in [0.15, 0.2) is 5.82 Å². The van der Waals surface area contributed by atoms with Gasteiger partial charge >= 0.3 is 0 Å². The molecule has 0 bridgehead atoms. The van der Waals surface area contributed by atoms with Crippen LogP contribution in [0, 0.1) is 0 Å². The number of aromatic nitrogens is 2. The number of hydrogen-bond acceptors (Lipinski definition) is 7. The van der Waals surface area contributed by atoms with Gasteiger partial charge in [-0.2, -0.15) is 4.37 Å². The molecule has 2 aliphatic heterocycles. The van der Waals surface area contributed by atoms with Gasteiger partial charge in [-0.15, -0.1) is 0 Å². The Kier molecular flexibility index (Phi) is 5.49. The molecule has 7 nitrogen and oxygen atoms in total. The number of nitrogens with zero attached hydrogens (tertiary/aromatic N) is 3. The Balaban J connectivity index is 1.44. The van der Waals surface area contributed by atoms with E-state index in [0.717, 1.165) is 31.9 Å². The molecule has 0 radical (unpaired) electrons. The number of nitrogens with one attached hydrogen (secondary N) is 1. The SMILES string of the molecule is O=C(Nc1nc(CN2CCOCC2)ns1)C1=Cc2cc(Cl)ccc2OC=C1. The Labute approximate surface area is 165 Å². The molecule has 1 saturated heterocycles. The lowest BCUT2D eigenvalue weighted by atomic mass is 10.1. The third-order valence-electron chi connectivity index (χ3n) is 4.14. The van der Waals surface area contributed by atoms with Gasteiger partial charge in [-0.25, -0.2) is 4.98 Å². The summed E-state index contributed by atoms with van der Waals surface area (Å²) in [6.07, 6.45) is 4.82. The normalized spacial score (nSPS) is 16.9. The largest absolute Gasteiger partial charge is 0.464 e. The Bertz CT molecular complexity index is 906. The fraction of sp³-hybridized carbons (Fsp3) is 0.278. The number of rotatable bonds is 4. The molecule has 1 fully saturated rings. The summed E-state index contributed by atoms with van der Waals surface area (Å²) in [7, 11) is 0. The zero-order valence-corrected chi connectivity index (χ0v) is 15.9. The highest BCUT2D eigenvalue weighted by Crippen LogP contribution is 2.28. The van der Waals surface area contributed by atoms with Crippen LogP contribution in [-0.2, 0) is 16.1 Å². The number of carbonyl (C=O) groups is 1. The van der Waals surface area contributed by atoms with Crippen LogP contribution in [0.25, 0.3) is 6.08 Å². The molecular formula is C18H17ClN4O3S. The van der Waals surface area contributed by atoms with Gasteiger partial charge < -0.3 is 9.47 Å². The lowest BCUT2D eigenvalue weighted by Gasteiger charge is -2.25. The molecule has 0 atom stereocenters. The minimum absolute atomic E-state index is 0.281. The molecule has 0 unspecified atom stereocenters. The predicted octanol–water partition coefficient (Wildman–Crippen LogP) is 2.95. The number of carbonyl (C=O) groups excluding carboxylic acids is 1. The van der Waals surface area contributed by atoms with Crippen molar-refractivity contribution < 1.29 is 14.3 Å². The zero-order valence-electron chi connectivity index (χ0n) is 14.4. The molecule has 2 aliphatic rings. The minimum Gasteiger partial charge on any atom is -0.464 e. The number of benzene rings is 1. The molecule has 1 amide bonds. The standard InChI is InChI=1S/C18H17ClN4O3S/c19-14-1-2-15-13(10-14)9-12(3-6-26-15)17(24)21-18-20-16(22-27-18)11-23-4-7-25-8-5-23/h1-3,6,9-10H,4-5,7-8,11H2,(H,20,21,22,24). The first-order valence-electron chi connectivity index (χ1n) is 8.46.